The van der Waals surface area contributed by atoms with Gasteiger partial charge in [0.25, 0.3) is 0 Å². The number of methoxy groups -OCH3 is 1. The van der Waals surface area contributed by atoms with Crippen molar-refractivity contribution in [2.24, 2.45) is 5.92 Å². The molecule has 0 radical (unpaired) electrons. The maximum Gasteiger partial charge on any atom is 1.00 e. The van der Waals surface area contributed by atoms with Gasteiger partial charge in [-0.15, -0.1) is 0 Å². The number of ether oxygens (including phenoxy) is 1. The van der Waals surface area contributed by atoms with E-state index >= 15 is 0 Å². The number of benzene rings is 1. The number of carbonyl (C=O) groups excluding carboxylic acids is 1. The summed E-state index contributed by atoms with van der Waals surface area (Å²) in [6.07, 6.45) is 2.69. The topological polar surface area (TPSA) is 78.4 Å². The molecule has 6 nitrogen and oxygen atoms in total. The summed E-state index contributed by atoms with van der Waals surface area (Å²) in [5.74, 6) is -0.601. The first-order valence-corrected chi connectivity index (χ1v) is 9.12. The fraction of sp³-hybridized carbons (Fsp3) is 0.286. The summed E-state index contributed by atoms with van der Waals surface area (Å²) in [6, 6.07) is 9.99. The maximum absolute atomic E-state index is 14.0. The normalized spacial score (nSPS) is 14.5. The molecule has 1 fully saturated rings. The van der Waals surface area contributed by atoms with Crippen molar-refractivity contribution < 1.29 is 70.4 Å². The molecule has 144 valence electrons. The van der Waals surface area contributed by atoms with E-state index in [-0.39, 0.29) is 57.2 Å². The zero-order valence-corrected chi connectivity index (χ0v) is 19.5. The van der Waals surface area contributed by atoms with Gasteiger partial charge in [-0.25, -0.2) is 9.37 Å². The Bertz CT molecular complexity index is 1040. The molecular formula is C21H19FKN3O3. The van der Waals surface area contributed by atoms with Gasteiger partial charge in [0.05, 0.1) is 12.6 Å². The quantitative estimate of drug-likeness (QED) is 0.527. The number of carboxylic acids is 1. The third-order valence-electron chi connectivity index (χ3n) is 5.14. The molecule has 29 heavy (non-hydrogen) atoms. The molecule has 0 spiro atoms. The molecule has 1 aliphatic heterocycles. The first-order chi connectivity index (χ1) is 13.6. The average Bonchev–Trinajstić information content (AvgIpc) is 2.73. The SMILES string of the molecule is COc1ccc(F)cc1-c1nc(N2CCC(C(=O)[O-])CC2)cc2cccnc12.[K+]. The maximum atomic E-state index is 14.0. The second-order valence-corrected chi connectivity index (χ2v) is 6.83. The van der Waals surface area contributed by atoms with Gasteiger partial charge in [-0.3, -0.25) is 4.98 Å². The number of halogens is 1. The minimum atomic E-state index is -1.000. The molecule has 4 rings (SSSR count). The van der Waals surface area contributed by atoms with Crippen LogP contribution in [0.3, 0.4) is 0 Å². The van der Waals surface area contributed by atoms with Gasteiger partial charge in [0.2, 0.25) is 0 Å². The fourth-order valence-electron chi connectivity index (χ4n) is 3.63. The molecule has 0 amide bonds. The Kier molecular flexibility index (Phi) is 7.23. The summed E-state index contributed by atoms with van der Waals surface area (Å²) in [7, 11) is 1.53. The number of aromatic nitrogens is 2. The van der Waals surface area contributed by atoms with Crippen LogP contribution in [0.15, 0.2) is 42.6 Å². The molecule has 1 aromatic carbocycles. The van der Waals surface area contributed by atoms with Gasteiger partial charge >= 0.3 is 51.4 Å². The number of fused-ring (bicyclic) bond motifs is 1. The van der Waals surface area contributed by atoms with Crippen molar-refractivity contribution in [1.82, 2.24) is 9.97 Å². The molecule has 0 atom stereocenters. The molecule has 1 saturated heterocycles. The standard InChI is InChI=1S/C21H20FN3O3.K/c1-28-17-5-4-15(22)12-16(17)20-19-14(3-2-8-23-19)11-18(24-20)25-9-6-13(7-10-25)21(26)27;/h2-5,8,11-13H,6-7,9-10H2,1H3,(H,26,27);/q;+1/p-1. The Morgan fingerprint density at radius 3 is 2.69 bits per heavy atom. The van der Waals surface area contributed by atoms with Gasteiger partial charge in [0.1, 0.15) is 23.1 Å². The number of aliphatic carboxylic acids is 1. The van der Waals surface area contributed by atoms with Gasteiger partial charge in [-0.05, 0) is 43.2 Å². The first kappa shape index (κ1) is 22.1. The van der Waals surface area contributed by atoms with E-state index in [2.05, 4.69) is 4.98 Å². The second-order valence-electron chi connectivity index (χ2n) is 6.83. The molecule has 3 heterocycles. The zero-order chi connectivity index (χ0) is 19.7. The van der Waals surface area contributed by atoms with Gasteiger partial charge < -0.3 is 19.5 Å². The number of rotatable bonds is 4. The summed E-state index contributed by atoms with van der Waals surface area (Å²) in [6.45, 7) is 1.13. The van der Waals surface area contributed by atoms with Crippen LogP contribution in [-0.4, -0.2) is 36.1 Å². The van der Waals surface area contributed by atoms with Gasteiger partial charge in [0.15, 0.2) is 0 Å². The molecular weight excluding hydrogens is 400 g/mol. The summed E-state index contributed by atoms with van der Waals surface area (Å²) in [5.41, 5.74) is 1.71. The zero-order valence-electron chi connectivity index (χ0n) is 16.4. The number of piperidine rings is 1. The molecule has 2 aromatic heterocycles. The summed E-state index contributed by atoms with van der Waals surface area (Å²) in [5, 5.41) is 12.0. The molecule has 1 aliphatic rings. The largest absolute Gasteiger partial charge is 1.00 e. The Labute approximate surface area is 210 Å². The van der Waals surface area contributed by atoms with Crippen LogP contribution in [0.2, 0.25) is 0 Å². The second kappa shape index (κ2) is 9.48. The van der Waals surface area contributed by atoms with Crippen LogP contribution >= 0.6 is 0 Å². The number of hydrogen-bond acceptors (Lipinski definition) is 6. The van der Waals surface area contributed by atoms with Crippen LogP contribution in [0.1, 0.15) is 12.8 Å². The molecule has 0 saturated carbocycles. The Morgan fingerprint density at radius 1 is 1.24 bits per heavy atom. The molecule has 0 aliphatic carbocycles. The first-order valence-electron chi connectivity index (χ1n) is 9.12. The Balaban J connectivity index is 0.00000240. The Morgan fingerprint density at radius 2 is 2.00 bits per heavy atom. The monoisotopic (exact) mass is 419 g/mol. The number of nitrogens with zero attached hydrogens (tertiary/aromatic N) is 3. The smallest absolute Gasteiger partial charge is 0.550 e. The number of carbonyl (C=O) groups is 1. The predicted molar refractivity (Wildman–Crippen MR) is 101 cm³/mol. The van der Waals surface area contributed by atoms with Crippen molar-refractivity contribution in [1.29, 1.82) is 0 Å². The number of carboxylic acid groups (broad SMARTS) is 1. The molecule has 0 bridgehead atoms. The number of hydrogen-bond donors (Lipinski definition) is 0. The van der Waals surface area contributed by atoms with Crippen LogP contribution in [0, 0.1) is 11.7 Å². The van der Waals surface area contributed by atoms with Crippen molar-refractivity contribution >= 4 is 22.7 Å². The van der Waals surface area contributed by atoms with E-state index in [9.17, 15) is 14.3 Å². The number of pyridine rings is 2. The van der Waals surface area contributed by atoms with E-state index in [1.54, 1.807) is 12.3 Å². The summed E-state index contributed by atoms with van der Waals surface area (Å²) < 4.78 is 19.4. The van der Waals surface area contributed by atoms with Crippen LogP contribution < -0.4 is 66.1 Å². The van der Waals surface area contributed by atoms with Crippen molar-refractivity contribution in [3.63, 3.8) is 0 Å². The summed E-state index contributed by atoms with van der Waals surface area (Å²) >= 11 is 0. The van der Waals surface area contributed by atoms with Crippen LogP contribution in [0.5, 0.6) is 5.75 Å². The van der Waals surface area contributed by atoms with E-state index in [1.807, 2.05) is 23.1 Å². The van der Waals surface area contributed by atoms with E-state index in [4.69, 9.17) is 9.72 Å². The molecule has 0 N–H and O–H groups in total. The van der Waals surface area contributed by atoms with E-state index in [1.165, 1.54) is 19.2 Å². The van der Waals surface area contributed by atoms with Crippen molar-refractivity contribution in [3.05, 3.63) is 48.4 Å². The molecule has 8 heteroatoms. The van der Waals surface area contributed by atoms with Crippen LogP contribution in [-0.2, 0) is 4.79 Å². The van der Waals surface area contributed by atoms with E-state index < -0.39 is 11.9 Å². The average molecular weight is 419 g/mol. The van der Waals surface area contributed by atoms with Gasteiger partial charge in [-0.2, -0.15) is 0 Å². The third kappa shape index (κ3) is 4.61. The third-order valence-corrected chi connectivity index (χ3v) is 5.14. The van der Waals surface area contributed by atoms with E-state index in [0.29, 0.717) is 54.3 Å². The molecule has 3 aromatic rings. The van der Waals surface area contributed by atoms with Gasteiger partial charge in [0, 0.05) is 42.1 Å². The van der Waals surface area contributed by atoms with Crippen molar-refractivity contribution in [2.75, 3.05) is 25.1 Å². The fourth-order valence-corrected chi connectivity index (χ4v) is 3.63. The Hall–Kier alpha value is -1.58. The van der Waals surface area contributed by atoms with Crippen LogP contribution in [0.25, 0.3) is 22.2 Å². The summed E-state index contributed by atoms with van der Waals surface area (Å²) in [4.78, 5) is 22.4. The predicted octanol–water partition coefficient (Wildman–Crippen LogP) is -0.585. The van der Waals surface area contributed by atoms with Gasteiger partial charge in [-0.1, -0.05) is 6.07 Å². The van der Waals surface area contributed by atoms with E-state index in [0.717, 1.165) is 5.39 Å². The van der Waals surface area contributed by atoms with Crippen molar-refractivity contribution in [3.8, 4) is 17.0 Å². The minimum Gasteiger partial charge on any atom is -0.550 e. The number of anilines is 1. The van der Waals surface area contributed by atoms with Crippen molar-refractivity contribution in [2.45, 2.75) is 12.8 Å². The molecule has 0 unspecified atom stereocenters. The minimum absolute atomic E-state index is 0. The van der Waals surface area contributed by atoms with Crippen LogP contribution in [0.4, 0.5) is 10.2 Å².